The number of phenolic OH excluding ortho intramolecular Hbond substituents is 1. The fourth-order valence-electron chi connectivity index (χ4n) is 1.72. The summed E-state index contributed by atoms with van der Waals surface area (Å²) in [6, 6.07) is 15.5. The van der Waals surface area contributed by atoms with Crippen molar-refractivity contribution in [3.63, 3.8) is 0 Å². The molecule has 1 nitrogen and oxygen atoms in total. The van der Waals surface area contributed by atoms with E-state index in [0.29, 0.717) is 11.6 Å². The van der Waals surface area contributed by atoms with Crippen molar-refractivity contribution >= 4 is 17.7 Å². The highest BCUT2D eigenvalue weighted by Crippen LogP contribution is 2.22. The molecule has 18 heavy (non-hydrogen) atoms. The van der Waals surface area contributed by atoms with E-state index in [0.717, 1.165) is 17.5 Å². The predicted octanol–water partition coefficient (Wildman–Crippen LogP) is 4.70. The van der Waals surface area contributed by atoms with E-state index in [4.69, 9.17) is 11.6 Å². The predicted molar refractivity (Wildman–Crippen MR) is 77.9 cm³/mol. The molecule has 0 radical (unpaired) electrons. The van der Waals surface area contributed by atoms with Crippen molar-refractivity contribution in [1.82, 2.24) is 0 Å². The molecule has 0 saturated heterocycles. The van der Waals surface area contributed by atoms with Gasteiger partial charge in [-0.1, -0.05) is 48.6 Å². The van der Waals surface area contributed by atoms with Gasteiger partial charge in [-0.25, -0.2) is 0 Å². The lowest BCUT2D eigenvalue weighted by molar-refractivity contribution is 0.475. The smallest absolute Gasteiger partial charge is 0.115 e. The molecule has 2 aromatic rings. The Morgan fingerprint density at radius 3 is 2.00 bits per heavy atom. The van der Waals surface area contributed by atoms with Crippen LogP contribution in [0.15, 0.2) is 54.6 Å². The maximum Gasteiger partial charge on any atom is 0.115 e. The van der Waals surface area contributed by atoms with E-state index in [1.807, 2.05) is 12.1 Å². The molecular weight excluding hydrogens is 244 g/mol. The molecule has 2 heteroatoms. The Bertz CT molecular complexity index is 512. The van der Waals surface area contributed by atoms with Gasteiger partial charge in [0.15, 0.2) is 0 Å². The quantitative estimate of drug-likeness (QED) is 0.788. The van der Waals surface area contributed by atoms with Crippen LogP contribution in [0, 0.1) is 0 Å². The summed E-state index contributed by atoms with van der Waals surface area (Å²) in [7, 11) is 0. The minimum Gasteiger partial charge on any atom is -0.508 e. The largest absolute Gasteiger partial charge is 0.508 e. The monoisotopic (exact) mass is 258 g/mol. The molecule has 0 heterocycles. The summed E-state index contributed by atoms with van der Waals surface area (Å²) in [5.41, 5.74) is 3.41. The first-order chi connectivity index (χ1) is 8.79. The average molecular weight is 259 g/mol. The second kappa shape index (κ2) is 6.27. The molecule has 2 rings (SSSR count). The minimum absolute atomic E-state index is 0.291. The molecule has 0 fully saturated rings. The third-order valence-corrected chi connectivity index (χ3v) is 2.92. The van der Waals surface area contributed by atoms with Crippen molar-refractivity contribution in [2.75, 3.05) is 5.88 Å². The molecule has 2 aromatic carbocycles. The second-order valence-electron chi connectivity index (χ2n) is 4.05. The molecular formula is C16H15ClO. The van der Waals surface area contributed by atoms with Gasteiger partial charge in [0.2, 0.25) is 0 Å². The van der Waals surface area contributed by atoms with Crippen LogP contribution >= 0.6 is 11.6 Å². The van der Waals surface area contributed by atoms with Crippen molar-refractivity contribution in [3.8, 4) is 16.9 Å². The molecule has 0 unspecified atom stereocenters. The van der Waals surface area contributed by atoms with Crippen LogP contribution in [0.4, 0.5) is 0 Å². The summed E-state index contributed by atoms with van der Waals surface area (Å²) >= 11 is 5.61. The number of hydrogen-bond acceptors (Lipinski definition) is 1. The van der Waals surface area contributed by atoms with E-state index in [1.165, 1.54) is 5.56 Å². The van der Waals surface area contributed by atoms with E-state index in [2.05, 4.69) is 36.4 Å². The van der Waals surface area contributed by atoms with E-state index < -0.39 is 0 Å². The third-order valence-electron chi connectivity index (χ3n) is 2.70. The van der Waals surface area contributed by atoms with E-state index in [1.54, 1.807) is 12.1 Å². The lowest BCUT2D eigenvalue weighted by Gasteiger charge is -2.02. The Morgan fingerprint density at radius 1 is 0.889 bits per heavy atom. The minimum atomic E-state index is 0.291. The van der Waals surface area contributed by atoms with E-state index in [9.17, 15) is 5.11 Å². The van der Waals surface area contributed by atoms with Gasteiger partial charge in [-0.2, -0.15) is 0 Å². The summed E-state index contributed by atoms with van der Waals surface area (Å²) in [6.45, 7) is 0. The Balaban J connectivity index is 2.14. The van der Waals surface area contributed by atoms with Crippen LogP contribution in [-0.2, 0) is 0 Å². The van der Waals surface area contributed by atoms with Crippen molar-refractivity contribution in [1.29, 1.82) is 0 Å². The number of halogens is 1. The molecule has 1 N–H and O–H groups in total. The first kappa shape index (κ1) is 12.7. The van der Waals surface area contributed by atoms with Gasteiger partial charge in [0.05, 0.1) is 0 Å². The zero-order chi connectivity index (χ0) is 12.8. The van der Waals surface area contributed by atoms with Gasteiger partial charge in [0.25, 0.3) is 0 Å². The molecule has 92 valence electrons. The van der Waals surface area contributed by atoms with Gasteiger partial charge in [-0.15, -0.1) is 11.6 Å². The van der Waals surface area contributed by atoms with Gasteiger partial charge in [-0.05, 0) is 35.2 Å². The van der Waals surface area contributed by atoms with Crippen molar-refractivity contribution in [3.05, 3.63) is 60.2 Å². The van der Waals surface area contributed by atoms with Crippen LogP contribution < -0.4 is 0 Å². The Hall–Kier alpha value is -1.73. The molecule has 0 bridgehead atoms. The van der Waals surface area contributed by atoms with Crippen LogP contribution in [-0.4, -0.2) is 11.0 Å². The number of hydrogen-bond donors (Lipinski definition) is 1. The van der Waals surface area contributed by atoms with Crippen LogP contribution in [0.1, 0.15) is 12.0 Å². The molecule has 0 atom stereocenters. The maximum atomic E-state index is 9.25. The Labute approximate surface area is 112 Å². The molecule has 0 spiro atoms. The summed E-state index contributed by atoms with van der Waals surface area (Å²) in [5.74, 6) is 0.946. The van der Waals surface area contributed by atoms with Gasteiger partial charge in [0, 0.05) is 5.88 Å². The van der Waals surface area contributed by atoms with E-state index in [-0.39, 0.29) is 0 Å². The van der Waals surface area contributed by atoms with Crippen LogP contribution in [0.2, 0.25) is 0 Å². The number of alkyl halides is 1. The highest BCUT2D eigenvalue weighted by atomic mass is 35.5. The molecule has 0 aliphatic heterocycles. The molecule has 0 saturated carbocycles. The molecule has 0 aliphatic rings. The normalized spacial score (nSPS) is 10.9. The van der Waals surface area contributed by atoms with Gasteiger partial charge in [0.1, 0.15) is 5.75 Å². The zero-order valence-electron chi connectivity index (χ0n) is 10.0. The topological polar surface area (TPSA) is 20.2 Å². The van der Waals surface area contributed by atoms with Gasteiger partial charge in [-0.3, -0.25) is 0 Å². The molecule has 0 aromatic heterocycles. The second-order valence-corrected chi connectivity index (χ2v) is 4.43. The lowest BCUT2D eigenvalue weighted by Crippen LogP contribution is -1.78. The van der Waals surface area contributed by atoms with Crippen LogP contribution in [0.3, 0.4) is 0 Å². The zero-order valence-corrected chi connectivity index (χ0v) is 10.8. The molecule has 0 amide bonds. The summed E-state index contributed by atoms with van der Waals surface area (Å²) < 4.78 is 0. The van der Waals surface area contributed by atoms with E-state index >= 15 is 0 Å². The summed E-state index contributed by atoms with van der Waals surface area (Å²) in [6.07, 6.45) is 5.03. The standard InChI is InChI=1S/C16H15ClO/c17-12-2-1-3-13-4-6-14(7-5-13)15-8-10-16(18)11-9-15/h1,3-11,18H,2,12H2. The van der Waals surface area contributed by atoms with Crippen LogP contribution in [0.5, 0.6) is 5.75 Å². The average Bonchev–Trinajstić information content (AvgIpc) is 2.41. The first-order valence-electron chi connectivity index (χ1n) is 5.91. The van der Waals surface area contributed by atoms with Gasteiger partial charge >= 0.3 is 0 Å². The first-order valence-corrected chi connectivity index (χ1v) is 6.45. The SMILES string of the molecule is Oc1ccc(-c2ccc(C=CCCCl)cc2)cc1. The third kappa shape index (κ3) is 3.38. The van der Waals surface area contributed by atoms with Crippen molar-refractivity contribution in [2.45, 2.75) is 6.42 Å². The number of aromatic hydroxyl groups is 1. The summed E-state index contributed by atoms with van der Waals surface area (Å²) in [5, 5.41) is 9.25. The van der Waals surface area contributed by atoms with Gasteiger partial charge < -0.3 is 5.11 Å². The van der Waals surface area contributed by atoms with Crippen molar-refractivity contribution in [2.24, 2.45) is 0 Å². The lowest BCUT2D eigenvalue weighted by atomic mass is 10.0. The number of allylic oxidation sites excluding steroid dienone is 1. The highest BCUT2D eigenvalue weighted by Gasteiger charge is 1.97. The number of benzene rings is 2. The maximum absolute atomic E-state index is 9.25. The number of rotatable bonds is 4. The Morgan fingerprint density at radius 2 is 1.44 bits per heavy atom. The highest BCUT2D eigenvalue weighted by molar-refractivity contribution is 6.17. The van der Waals surface area contributed by atoms with Crippen molar-refractivity contribution < 1.29 is 5.11 Å². The fourth-order valence-corrected chi connectivity index (χ4v) is 1.85. The Kier molecular flexibility index (Phi) is 4.43. The summed E-state index contributed by atoms with van der Waals surface area (Å²) in [4.78, 5) is 0. The van der Waals surface area contributed by atoms with Crippen LogP contribution in [0.25, 0.3) is 17.2 Å². The fraction of sp³-hybridized carbons (Fsp3) is 0.125. The number of phenols is 1. The molecule has 0 aliphatic carbocycles.